The highest BCUT2D eigenvalue weighted by Crippen LogP contribution is 2.20. The van der Waals surface area contributed by atoms with Gasteiger partial charge in [0.05, 0.1) is 0 Å². The average Bonchev–Trinajstić information content (AvgIpc) is 2.42. The largest absolute Gasteiger partial charge is 0.507 e. The number of benzene rings is 2. The summed E-state index contributed by atoms with van der Waals surface area (Å²) in [5.74, 6) is -0.0141. The van der Waals surface area contributed by atoms with Crippen LogP contribution in [-0.2, 0) is 0 Å². The molecule has 2 aromatic rings. The molecule has 0 unspecified atom stereocenters. The summed E-state index contributed by atoms with van der Waals surface area (Å²) in [5, 5.41) is 17.6. The van der Waals surface area contributed by atoms with Crippen molar-refractivity contribution in [2.45, 2.75) is 0 Å². The van der Waals surface area contributed by atoms with E-state index in [-0.39, 0.29) is 11.7 Å². The van der Waals surface area contributed by atoms with Crippen molar-refractivity contribution in [3.05, 3.63) is 65.7 Å². The Bertz CT molecular complexity index is 616. The summed E-state index contributed by atoms with van der Waals surface area (Å²) in [7, 11) is 0. The third kappa shape index (κ3) is 3.10. The van der Waals surface area contributed by atoms with Crippen LogP contribution in [0.1, 0.15) is 11.1 Å². The van der Waals surface area contributed by atoms with Crippen LogP contribution in [0.3, 0.4) is 0 Å². The van der Waals surface area contributed by atoms with Crippen molar-refractivity contribution in [1.29, 1.82) is 0 Å². The van der Waals surface area contributed by atoms with Crippen molar-refractivity contribution in [1.82, 2.24) is 0 Å². The fourth-order valence-electron chi connectivity index (χ4n) is 1.64. The molecule has 0 aliphatic carbocycles. The summed E-state index contributed by atoms with van der Waals surface area (Å²) in [6, 6.07) is 16.3. The van der Waals surface area contributed by atoms with E-state index in [1.807, 2.05) is 36.4 Å². The number of nitrogens with two attached hydrogens (primary N) is 2. The molecule has 0 aliphatic rings. The van der Waals surface area contributed by atoms with Crippen LogP contribution in [0.5, 0.6) is 5.75 Å². The van der Waals surface area contributed by atoms with Gasteiger partial charge in [0.25, 0.3) is 0 Å². The second kappa shape index (κ2) is 5.68. The lowest BCUT2D eigenvalue weighted by Crippen LogP contribution is -2.22. The molecule has 0 spiro atoms. The highest BCUT2D eigenvalue weighted by Gasteiger charge is 2.10. The van der Waals surface area contributed by atoms with Crippen molar-refractivity contribution in [2.75, 3.05) is 0 Å². The Morgan fingerprint density at radius 2 is 1.47 bits per heavy atom. The molecule has 2 rings (SSSR count). The molecule has 0 fully saturated rings. The Labute approximate surface area is 110 Å². The highest BCUT2D eigenvalue weighted by atomic mass is 16.3. The van der Waals surface area contributed by atoms with E-state index in [0.717, 1.165) is 5.56 Å². The maximum atomic E-state index is 9.92. The molecule has 0 aromatic heterocycles. The second-order valence-electron chi connectivity index (χ2n) is 3.86. The molecular weight excluding hydrogens is 240 g/mol. The Hall–Kier alpha value is -2.82. The first-order valence-electron chi connectivity index (χ1n) is 5.69. The number of guanidine groups is 1. The zero-order valence-electron chi connectivity index (χ0n) is 10.2. The van der Waals surface area contributed by atoms with E-state index in [4.69, 9.17) is 11.5 Å². The van der Waals surface area contributed by atoms with E-state index in [2.05, 4.69) is 10.2 Å². The smallest absolute Gasteiger partial charge is 0.211 e. The van der Waals surface area contributed by atoms with E-state index in [1.165, 1.54) is 0 Å². The van der Waals surface area contributed by atoms with Crippen LogP contribution in [0, 0.1) is 0 Å². The Kier molecular flexibility index (Phi) is 3.78. The molecule has 5 heteroatoms. The molecule has 0 aliphatic heterocycles. The van der Waals surface area contributed by atoms with Crippen LogP contribution in [0.15, 0.2) is 64.8 Å². The topological polar surface area (TPSA) is 97.0 Å². The van der Waals surface area contributed by atoms with Crippen LogP contribution < -0.4 is 11.5 Å². The van der Waals surface area contributed by atoms with Gasteiger partial charge in [0.2, 0.25) is 5.96 Å². The quantitative estimate of drug-likeness (QED) is 0.439. The van der Waals surface area contributed by atoms with Crippen LogP contribution in [-0.4, -0.2) is 16.8 Å². The van der Waals surface area contributed by atoms with E-state index >= 15 is 0 Å². The lowest BCUT2D eigenvalue weighted by Gasteiger charge is -2.07. The van der Waals surface area contributed by atoms with Crippen molar-refractivity contribution in [3.8, 4) is 5.75 Å². The second-order valence-corrected chi connectivity index (χ2v) is 3.86. The van der Waals surface area contributed by atoms with Gasteiger partial charge in [0.15, 0.2) is 0 Å². The normalized spacial score (nSPS) is 11.1. The Morgan fingerprint density at radius 3 is 2.11 bits per heavy atom. The van der Waals surface area contributed by atoms with Gasteiger partial charge >= 0.3 is 0 Å². The fourth-order valence-corrected chi connectivity index (χ4v) is 1.64. The first-order chi connectivity index (χ1) is 9.18. The first kappa shape index (κ1) is 12.6. The van der Waals surface area contributed by atoms with Gasteiger partial charge in [-0.3, -0.25) is 0 Å². The summed E-state index contributed by atoms with van der Waals surface area (Å²) < 4.78 is 0. The SMILES string of the molecule is NC(N)=N/N=C(/c1ccccc1)c1ccccc1O. The lowest BCUT2D eigenvalue weighted by molar-refractivity contribution is 0.474. The summed E-state index contributed by atoms with van der Waals surface area (Å²) >= 11 is 0. The number of phenolic OH excluding ortho intramolecular Hbond substituents is 1. The van der Waals surface area contributed by atoms with Crippen molar-refractivity contribution in [3.63, 3.8) is 0 Å². The minimum atomic E-state index is -0.135. The van der Waals surface area contributed by atoms with Gasteiger partial charge in [-0.15, -0.1) is 10.2 Å². The van der Waals surface area contributed by atoms with Gasteiger partial charge in [-0.1, -0.05) is 42.5 Å². The monoisotopic (exact) mass is 254 g/mol. The summed E-state index contributed by atoms with van der Waals surface area (Å²) in [6.07, 6.45) is 0. The van der Waals surface area contributed by atoms with Gasteiger partial charge in [-0.2, -0.15) is 0 Å². The lowest BCUT2D eigenvalue weighted by atomic mass is 10.0. The molecule has 19 heavy (non-hydrogen) atoms. The summed E-state index contributed by atoms with van der Waals surface area (Å²) in [6.45, 7) is 0. The Balaban J connectivity index is 2.57. The van der Waals surface area contributed by atoms with E-state index in [9.17, 15) is 5.11 Å². The molecule has 0 radical (unpaired) electrons. The third-order valence-electron chi connectivity index (χ3n) is 2.47. The van der Waals surface area contributed by atoms with Gasteiger partial charge < -0.3 is 16.6 Å². The van der Waals surface area contributed by atoms with E-state index in [0.29, 0.717) is 11.3 Å². The summed E-state index contributed by atoms with van der Waals surface area (Å²) in [5.41, 5.74) is 12.5. The van der Waals surface area contributed by atoms with Gasteiger partial charge in [0, 0.05) is 11.1 Å². The number of aromatic hydroxyl groups is 1. The molecular formula is C14H14N4O. The molecule has 0 amide bonds. The zero-order valence-corrected chi connectivity index (χ0v) is 10.2. The Morgan fingerprint density at radius 1 is 0.842 bits per heavy atom. The van der Waals surface area contributed by atoms with Crippen molar-refractivity contribution >= 4 is 11.7 Å². The number of hydrogen-bond donors (Lipinski definition) is 3. The molecule has 0 saturated heterocycles. The van der Waals surface area contributed by atoms with Gasteiger partial charge in [-0.25, -0.2) is 0 Å². The molecule has 0 bridgehead atoms. The summed E-state index contributed by atoms with van der Waals surface area (Å²) in [4.78, 5) is 0. The first-order valence-corrected chi connectivity index (χ1v) is 5.69. The van der Waals surface area contributed by atoms with Crippen LogP contribution in [0.25, 0.3) is 0 Å². The fraction of sp³-hybridized carbons (Fsp3) is 0. The standard InChI is InChI=1S/C14H14N4O/c15-14(16)18-17-13(10-6-2-1-3-7-10)11-8-4-5-9-12(11)19/h1-9,19H,(H4,15,16,18)/b17-13-. The van der Waals surface area contributed by atoms with Crippen LogP contribution >= 0.6 is 0 Å². The minimum absolute atomic E-state index is 0.121. The maximum absolute atomic E-state index is 9.92. The number of rotatable bonds is 3. The van der Waals surface area contributed by atoms with Crippen LogP contribution in [0.4, 0.5) is 0 Å². The predicted octanol–water partition coefficient (Wildman–Crippen LogP) is 1.42. The third-order valence-corrected chi connectivity index (χ3v) is 2.47. The zero-order chi connectivity index (χ0) is 13.7. The van der Waals surface area contributed by atoms with E-state index in [1.54, 1.807) is 18.2 Å². The predicted molar refractivity (Wildman–Crippen MR) is 76.0 cm³/mol. The van der Waals surface area contributed by atoms with Gasteiger partial charge in [-0.05, 0) is 12.1 Å². The number of para-hydroxylation sites is 1. The molecule has 0 saturated carbocycles. The molecule has 2 aromatic carbocycles. The molecule has 5 N–H and O–H groups in total. The van der Waals surface area contributed by atoms with Crippen LogP contribution in [0.2, 0.25) is 0 Å². The van der Waals surface area contributed by atoms with Crippen molar-refractivity contribution < 1.29 is 5.11 Å². The van der Waals surface area contributed by atoms with Gasteiger partial charge in [0.1, 0.15) is 11.5 Å². The number of hydrogen-bond acceptors (Lipinski definition) is 3. The number of phenols is 1. The molecule has 0 heterocycles. The minimum Gasteiger partial charge on any atom is -0.507 e. The van der Waals surface area contributed by atoms with E-state index < -0.39 is 0 Å². The molecule has 96 valence electrons. The average molecular weight is 254 g/mol. The maximum Gasteiger partial charge on any atom is 0.211 e. The molecule has 5 nitrogen and oxygen atoms in total. The number of nitrogens with zero attached hydrogens (tertiary/aromatic N) is 2. The van der Waals surface area contributed by atoms with Crippen molar-refractivity contribution in [2.24, 2.45) is 21.7 Å². The molecule has 0 atom stereocenters. The highest BCUT2D eigenvalue weighted by molar-refractivity contribution is 6.14.